The average molecular weight is 313 g/mol. The fourth-order valence-corrected chi connectivity index (χ4v) is 3.08. The normalized spacial score (nSPS) is 26.2. The van der Waals surface area contributed by atoms with Gasteiger partial charge in [0.15, 0.2) is 6.29 Å². The summed E-state index contributed by atoms with van der Waals surface area (Å²) in [4.78, 5) is 0. The van der Waals surface area contributed by atoms with Gasteiger partial charge in [0.2, 0.25) is 0 Å². The van der Waals surface area contributed by atoms with Crippen LogP contribution < -0.4 is 0 Å². The van der Waals surface area contributed by atoms with Crippen molar-refractivity contribution in [3.8, 4) is 0 Å². The minimum atomic E-state index is -0.292. The summed E-state index contributed by atoms with van der Waals surface area (Å²) in [7, 11) is 6.50. The molecule has 0 aromatic heterocycles. The quantitative estimate of drug-likeness (QED) is 0.744. The molecule has 0 aliphatic carbocycles. The maximum absolute atomic E-state index is 6.36. The van der Waals surface area contributed by atoms with Gasteiger partial charge in [-0.15, -0.1) is 0 Å². The van der Waals surface area contributed by atoms with Crippen molar-refractivity contribution in [1.29, 1.82) is 0 Å². The van der Waals surface area contributed by atoms with Gasteiger partial charge in [-0.3, -0.25) is 0 Å². The molecule has 0 radical (unpaired) electrons. The van der Waals surface area contributed by atoms with E-state index in [2.05, 4.69) is 34.1 Å². The first-order valence-corrected chi connectivity index (χ1v) is 8.09. The molecule has 0 bridgehead atoms. The number of halogens is 1. The molecular formula is C17H27ClNO2+. The first kappa shape index (κ1) is 16.8. The Morgan fingerprint density at radius 2 is 2.05 bits per heavy atom. The van der Waals surface area contributed by atoms with Crippen molar-refractivity contribution in [2.45, 2.75) is 38.1 Å². The molecule has 1 aliphatic rings. The van der Waals surface area contributed by atoms with Gasteiger partial charge < -0.3 is 14.0 Å². The molecule has 1 saturated heterocycles. The highest BCUT2D eigenvalue weighted by atomic mass is 35.5. The van der Waals surface area contributed by atoms with E-state index >= 15 is 0 Å². The van der Waals surface area contributed by atoms with Gasteiger partial charge in [0.1, 0.15) is 6.54 Å². The molecule has 2 atom stereocenters. The van der Waals surface area contributed by atoms with Crippen molar-refractivity contribution in [2.75, 3.05) is 34.3 Å². The summed E-state index contributed by atoms with van der Waals surface area (Å²) in [6.45, 7) is 3.85. The number of likely N-dealkylation sites (N-methyl/N-ethyl adjacent to an activating group) is 1. The van der Waals surface area contributed by atoms with Crippen LogP contribution in [0.5, 0.6) is 0 Å². The van der Waals surface area contributed by atoms with Crippen LogP contribution in [0.15, 0.2) is 24.3 Å². The number of quaternary nitrogens is 1. The molecule has 1 aromatic carbocycles. The second kappa shape index (κ2) is 6.66. The van der Waals surface area contributed by atoms with Crippen LogP contribution in [0.4, 0.5) is 0 Å². The van der Waals surface area contributed by atoms with Crippen LogP contribution in [0.3, 0.4) is 0 Å². The van der Waals surface area contributed by atoms with Crippen LogP contribution in [0.25, 0.3) is 0 Å². The van der Waals surface area contributed by atoms with Crippen molar-refractivity contribution in [3.05, 3.63) is 34.9 Å². The van der Waals surface area contributed by atoms with Crippen molar-refractivity contribution in [2.24, 2.45) is 0 Å². The third-order valence-corrected chi connectivity index (χ3v) is 4.47. The fourth-order valence-electron chi connectivity index (χ4n) is 2.78. The van der Waals surface area contributed by atoms with Gasteiger partial charge in [0.25, 0.3) is 0 Å². The lowest BCUT2D eigenvalue weighted by atomic mass is 9.88. The van der Waals surface area contributed by atoms with Gasteiger partial charge in [-0.05, 0) is 18.9 Å². The second-order valence-corrected chi connectivity index (χ2v) is 7.21. The predicted octanol–water partition coefficient (Wildman–Crippen LogP) is 3.80. The molecule has 1 heterocycles. The monoisotopic (exact) mass is 312 g/mol. The van der Waals surface area contributed by atoms with E-state index in [0.717, 1.165) is 47.5 Å². The molecule has 0 spiro atoms. The highest BCUT2D eigenvalue weighted by Gasteiger charge is 2.42. The summed E-state index contributed by atoms with van der Waals surface area (Å²) in [5, 5.41) is 0.784. The zero-order valence-electron chi connectivity index (χ0n) is 13.6. The Labute approximate surface area is 133 Å². The Bertz CT molecular complexity index is 472. The summed E-state index contributed by atoms with van der Waals surface area (Å²) in [5.41, 5.74) is 0.798. The Kier molecular flexibility index (Phi) is 5.31. The number of rotatable bonds is 6. The van der Waals surface area contributed by atoms with E-state index in [1.807, 2.05) is 18.2 Å². The molecular weight excluding hydrogens is 286 g/mol. The molecule has 2 unspecified atom stereocenters. The first-order chi connectivity index (χ1) is 9.86. The SMILES string of the molecule is CCC1(c2ccccc2Cl)CCC(OCC[N+](C)(C)C)O1. The number of hydrogen-bond acceptors (Lipinski definition) is 2. The average Bonchev–Trinajstić information content (AvgIpc) is 2.82. The summed E-state index contributed by atoms with van der Waals surface area (Å²) < 4.78 is 13.1. The van der Waals surface area contributed by atoms with Gasteiger partial charge in [-0.25, -0.2) is 0 Å². The van der Waals surface area contributed by atoms with Crippen LogP contribution in [0.2, 0.25) is 5.02 Å². The minimum Gasteiger partial charge on any atom is -0.347 e. The molecule has 4 heteroatoms. The first-order valence-electron chi connectivity index (χ1n) is 7.71. The molecule has 1 aliphatic heterocycles. The van der Waals surface area contributed by atoms with Gasteiger partial charge in [0, 0.05) is 17.0 Å². The van der Waals surface area contributed by atoms with Crippen molar-refractivity contribution in [1.82, 2.24) is 0 Å². The van der Waals surface area contributed by atoms with E-state index < -0.39 is 0 Å². The Balaban J connectivity index is 2.00. The van der Waals surface area contributed by atoms with E-state index in [9.17, 15) is 0 Å². The molecule has 1 aromatic rings. The zero-order valence-corrected chi connectivity index (χ0v) is 14.3. The summed E-state index contributed by atoms with van der Waals surface area (Å²) >= 11 is 6.36. The summed E-state index contributed by atoms with van der Waals surface area (Å²) in [6, 6.07) is 7.98. The number of ether oxygens (including phenoxy) is 2. The number of benzene rings is 1. The van der Waals surface area contributed by atoms with Gasteiger partial charge in [-0.1, -0.05) is 36.7 Å². The molecule has 0 saturated carbocycles. The fraction of sp³-hybridized carbons (Fsp3) is 0.647. The Hall–Kier alpha value is -0.610. The number of hydrogen-bond donors (Lipinski definition) is 0. The smallest absolute Gasteiger partial charge is 0.159 e. The minimum absolute atomic E-state index is 0.118. The van der Waals surface area contributed by atoms with Crippen molar-refractivity contribution >= 4 is 11.6 Å². The highest BCUT2D eigenvalue weighted by Crippen LogP contribution is 2.44. The zero-order chi connectivity index (χ0) is 15.5. The predicted molar refractivity (Wildman–Crippen MR) is 86.4 cm³/mol. The lowest BCUT2D eigenvalue weighted by Crippen LogP contribution is -2.38. The van der Waals surface area contributed by atoms with Crippen molar-refractivity contribution in [3.63, 3.8) is 0 Å². The van der Waals surface area contributed by atoms with Gasteiger partial charge in [-0.2, -0.15) is 0 Å². The standard InChI is InChI=1S/C17H27ClNO2/c1-5-17(14-8-6-7-9-15(14)18)11-10-16(21-17)20-13-12-19(2,3)4/h6-9,16H,5,10-13H2,1-4H3/q+1. The van der Waals surface area contributed by atoms with Crippen molar-refractivity contribution < 1.29 is 14.0 Å². The number of nitrogens with zero attached hydrogens (tertiary/aromatic N) is 1. The van der Waals surface area contributed by atoms with E-state index in [1.54, 1.807) is 0 Å². The Morgan fingerprint density at radius 1 is 1.33 bits per heavy atom. The third kappa shape index (κ3) is 4.19. The maximum atomic E-state index is 6.36. The van der Waals surface area contributed by atoms with Crippen LogP contribution in [0.1, 0.15) is 31.7 Å². The molecule has 21 heavy (non-hydrogen) atoms. The molecule has 0 amide bonds. The largest absolute Gasteiger partial charge is 0.347 e. The van der Waals surface area contributed by atoms with E-state index in [0.29, 0.717) is 0 Å². The lowest BCUT2D eigenvalue weighted by molar-refractivity contribution is -0.871. The Morgan fingerprint density at radius 3 is 2.67 bits per heavy atom. The maximum Gasteiger partial charge on any atom is 0.159 e. The lowest BCUT2D eigenvalue weighted by Gasteiger charge is -2.30. The van der Waals surface area contributed by atoms with Crippen LogP contribution in [0, 0.1) is 0 Å². The van der Waals surface area contributed by atoms with E-state index in [1.165, 1.54) is 0 Å². The van der Waals surface area contributed by atoms with E-state index in [4.69, 9.17) is 21.1 Å². The highest BCUT2D eigenvalue weighted by molar-refractivity contribution is 6.31. The molecule has 118 valence electrons. The molecule has 2 rings (SSSR count). The topological polar surface area (TPSA) is 18.5 Å². The van der Waals surface area contributed by atoms with Crippen LogP contribution in [-0.4, -0.2) is 45.1 Å². The third-order valence-electron chi connectivity index (χ3n) is 4.14. The molecule has 3 nitrogen and oxygen atoms in total. The summed E-state index contributed by atoms with van der Waals surface area (Å²) in [5.74, 6) is 0. The molecule has 0 N–H and O–H groups in total. The van der Waals surface area contributed by atoms with Gasteiger partial charge in [0.05, 0.1) is 33.4 Å². The molecule has 1 fully saturated rings. The van der Waals surface area contributed by atoms with Crippen LogP contribution >= 0.6 is 11.6 Å². The summed E-state index contributed by atoms with van der Waals surface area (Å²) in [6.07, 6.45) is 2.68. The van der Waals surface area contributed by atoms with E-state index in [-0.39, 0.29) is 11.9 Å². The second-order valence-electron chi connectivity index (χ2n) is 6.80. The van der Waals surface area contributed by atoms with Gasteiger partial charge >= 0.3 is 0 Å². The van der Waals surface area contributed by atoms with Crippen LogP contribution in [-0.2, 0) is 15.1 Å².